The van der Waals surface area contributed by atoms with Gasteiger partial charge in [-0.2, -0.15) is 0 Å². The fraction of sp³-hybridized carbons (Fsp3) is 0.579. The Morgan fingerprint density at radius 3 is 2.52 bits per heavy atom. The molecule has 1 aliphatic heterocycles. The molecule has 0 aromatic heterocycles. The van der Waals surface area contributed by atoms with E-state index in [9.17, 15) is 9.59 Å². The second-order valence-corrected chi connectivity index (χ2v) is 8.45. The third-order valence-electron chi connectivity index (χ3n) is 4.38. The van der Waals surface area contributed by atoms with Crippen LogP contribution in [0.1, 0.15) is 44.2 Å². The van der Waals surface area contributed by atoms with Crippen LogP contribution < -0.4 is 5.32 Å². The van der Waals surface area contributed by atoms with Crippen LogP contribution in [0.2, 0.25) is 0 Å². The lowest BCUT2D eigenvalue weighted by atomic mass is 9.87. The highest BCUT2D eigenvalue weighted by atomic mass is 32.2. The van der Waals surface area contributed by atoms with Crippen molar-refractivity contribution < 1.29 is 9.59 Å². The standard InChI is InChI=1S/C19H29N3O2S/c1-6-20-18(24)21(5)11-12-22-16(23)13-25-17(22)14-7-9-15(10-8-14)19(2,3)4/h7-10,17H,6,11-13H2,1-5H3,(H,20,24)/t17-/m1/s1. The number of rotatable bonds is 5. The Kier molecular flexibility index (Phi) is 6.38. The fourth-order valence-corrected chi connectivity index (χ4v) is 3.98. The van der Waals surface area contributed by atoms with Crippen molar-refractivity contribution in [3.63, 3.8) is 0 Å². The van der Waals surface area contributed by atoms with Crippen LogP contribution in [0, 0.1) is 0 Å². The van der Waals surface area contributed by atoms with Gasteiger partial charge in [0.1, 0.15) is 5.37 Å². The van der Waals surface area contributed by atoms with Gasteiger partial charge in [0.25, 0.3) is 0 Å². The van der Waals surface area contributed by atoms with Crippen LogP contribution in [0.15, 0.2) is 24.3 Å². The molecule has 1 atom stereocenters. The number of benzene rings is 1. The summed E-state index contributed by atoms with van der Waals surface area (Å²) in [5.41, 5.74) is 2.55. The average molecular weight is 364 g/mol. The Labute approximate surface area is 155 Å². The smallest absolute Gasteiger partial charge is 0.317 e. The Morgan fingerprint density at radius 1 is 1.32 bits per heavy atom. The fourth-order valence-electron chi connectivity index (χ4n) is 2.77. The van der Waals surface area contributed by atoms with E-state index in [2.05, 4.69) is 50.4 Å². The molecule has 25 heavy (non-hydrogen) atoms. The summed E-state index contributed by atoms with van der Waals surface area (Å²) >= 11 is 1.65. The molecule has 3 amide bonds. The Balaban J connectivity index is 2.05. The molecule has 2 rings (SSSR count). The maximum absolute atomic E-state index is 12.3. The summed E-state index contributed by atoms with van der Waals surface area (Å²) in [6.07, 6.45) is 0. The maximum atomic E-state index is 12.3. The van der Waals surface area contributed by atoms with Gasteiger partial charge in [0.15, 0.2) is 0 Å². The molecule has 6 heteroatoms. The SMILES string of the molecule is CCNC(=O)N(C)CCN1C(=O)CS[C@@H]1c1ccc(C(C)(C)C)cc1. The highest BCUT2D eigenvalue weighted by molar-refractivity contribution is 8.00. The van der Waals surface area contributed by atoms with Gasteiger partial charge in [-0.15, -0.1) is 11.8 Å². The van der Waals surface area contributed by atoms with Crippen molar-refractivity contribution in [2.24, 2.45) is 0 Å². The molecule has 138 valence electrons. The van der Waals surface area contributed by atoms with Crippen LogP contribution in [0.4, 0.5) is 4.79 Å². The molecule has 1 N–H and O–H groups in total. The zero-order valence-electron chi connectivity index (χ0n) is 15.8. The number of likely N-dealkylation sites (N-methyl/N-ethyl adjacent to an activating group) is 1. The third kappa shape index (κ3) is 4.91. The van der Waals surface area contributed by atoms with Gasteiger partial charge < -0.3 is 15.1 Å². The van der Waals surface area contributed by atoms with Crippen molar-refractivity contribution in [3.8, 4) is 0 Å². The summed E-state index contributed by atoms with van der Waals surface area (Å²) in [6.45, 7) is 10.1. The Bertz CT molecular complexity index is 610. The normalized spacial score (nSPS) is 17.7. The predicted molar refractivity (Wildman–Crippen MR) is 104 cm³/mol. The van der Waals surface area contributed by atoms with E-state index in [1.165, 1.54) is 5.56 Å². The van der Waals surface area contributed by atoms with Crippen LogP contribution >= 0.6 is 11.8 Å². The largest absolute Gasteiger partial charge is 0.338 e. The molecule has 0 unspecified atom stereocenters. The van der Waals surface area contributed by atoms with Crippen LogP contribution in [-0.2, 0) is 10.2 Å². The second-order valence-electron chi connectivity index (χ2n) is 7.38. The van der Waals surface area contributed by atoms with Crippen LogP contribution in [-0.4, -0.2) is 54.2 Å². The average Bonchev–Trinajstić information content (AvgIpc) is 2.93. The van der Waals surface area contributed by atoms with E-state index in [-0.39, 0.29) is 22.7 Å². The quantitative estimate of drug-likeness (QED) is 0.874. The van der Waals surface area contributed by atoms with Gasteiger partial charge >= 0.3 is 6.03 Å². The minimum Gasteiger partial charge on any atom is -0.338 e. The summed E-state index contributed by atoms with van der Waals surface area (Å²) in [7, 11) is 1.76. The molecule has 1 saturated heterocycles. The monoisotopic (exact) mass is 363 g/mol. The first-order valence-corrected chi connectivity index (χ1v) is 9.79. The molecular formula is C19H29N3O2S. The summed E-state index contributed by atoms with van der Waals surface area (Å²) in [5, 5.41) is 2.81. The van der Waals surface area contributed by atoms with Crippen molar-refractivity contribution in [3.05, 3.63) is 35.4 Å². The minimum absolute atomic E-state index is 0.0316. The molecule has 5 nitrogen and oxygen atoms in total. The van der Waals surface area contributed by atoms with E-state index in [1.807, 2.05) is 11.8 Å². The molecule has 1 aliphatic rings. The van der Waals surface area contributed by atoms with Gasteiger partial charge in [0, 0.05) is 26.7 Å². The lowest BCUT2D eigenvalue weighted by Crippen LogP contribution is -2.42. The molecule has 0 saturated carbocycles. The topological polar surface area (TPSA) is 52.7 Å². The number of carbonyl (C=O) groups is 2. The van der Waals surface area contributed by atoms with Crippen molar-refractivity contribution in [2.45, 2.75) is 38.5 Å². The number of carbonyl (C=O) groups excluding carboxylic acids is 2. The number of amides is 3. The lowest BCUT2D eigenvalue weighted by Gasteiger charge is -2.27. The summed E-state index contributed by atoms with van der Waals surface area (Å²) < 4.78 is 0. The van der Waals surface area contributed by atoms with Crippen LogP contribution in [0.25, 0.3) is 0 Å². The first kappa shape index (κ1) is 19.6. The van der Waals surface area contributed by atoms with Gasteiger partial charge in [-0.25, -0.2) is 4.79 Å². The van der Waals surface area contributed by atoms with Crippen molar-refractivity contribution >= 4 is 23.7 Å². The first-order valence-electron chi connectivity index (χ1n) is 8.74. The lowest BCUT2D eigenvalue weighted by molar-refractivity contribution is -0.128. The second kappa shape index (κ2) is 8.13. The van der Waals surface area contributed by atoms with E-state index in [1.54, 1.807) is 23.7 Å². The molecule has 0 bridgehead atoms. The maximum Gasteiger partial charge on any atom is 0.317 e. The first-order chi connectivity index (χ1) is 11.7. The number of urea groups is 1. The zero-order chi connectivity index (χ0) is 18.6. The van der Waals surface area contributed by atoms with E-state index in [0.717, 1.165) is 5.56 Å². The molecule has 0 radical (unpaired) electrons. The van der Waals surface area contributed by atoms with Gasteiger partial charge in [0.05, 0.1) is 5.75 Å². The van der Waals surface area contributed by atoms with Crippen molar-refractivity contribution in [1.29, 1.82) is 0 Å². The molecule has 0 aliphatic carbocycles. The molecule has 0 spiro atoms. The highest BCUT2D eigenvalue weighted by Gasteiger charge is 2.33. The van der Waals surface area contributed by atoms with E-state index < -0.39 is 0 Å². The van der Waals surface area contributed by atoms with Gasteiger partial charge in [-0.3, -0.25) is 4.79 Å². The predicted octanol–water partition coefficient (Wildman–Crippen LogP) is 3.22. The van der Waals surface area contributed by atoms with E-state index in [0.29, 0.717) is 25.4 Å². The minimum atomic E-state index is -0.104. The van der Waals surface area contributed by atoms with Crippen LogP contribution in [0.5, 0.6) is 0 Å². The number of thioether (sulfide) groups is 1. The molecule has 1 aromatic rings. The Hall–Kier alpha value is -1.69. The molecule has 1 aromatic carbocycles. The summed E-state index contributed by atoms with van der Waals surface area (Å²) in [5.74, 6) is 0.635. The van der Waals surface area contributed by atoms with Crippen LogP contribution in [0.3, 0.4) is 0 Å². The summed E-state index contributed by atoms with van der Waals surface area (Å²) in [4.78, 5) is 27.6. The molecule has 1 heterocycles. The van der Waals surface area contributed by atoms with Gasteiger partial charge in [-0.05, 0) is 23.5 Å². The van der Waals surface area contributed by atoms with E-state index >= 15 is 0 Å². The number of hydrogen-bond donors (Lipinski definition) is 1. The van der Waals surface area contributed by atoms with E-state index in [4.69, 9.17) is 0 Å². The van der Waals surface area contributed by atoms with Crippen molar-refractivity contribution in [2.75, 3.05) is 32.4 Å². The number of nitrogens with one attached hydrogen (secondary N) is 1. The molecular weight excluding hydrogens is 334 g/mol. The third-order valence-corrected chi connectivity index (χ3v) is 5.64. The zero-order valence-corrected chi connectivity index (χ0v) is 16.7. The molecule has 1 fully saturated rings. The van der Waals surface area contributed by atoms with Gasteiger partial charge in [0.2, 0.25) is 5.91 Å². The number of nitrogens with zero attached hydrogens (tertiary/aromatic N) is 2. The Morgan fingerprint density at radius 2 is 1.96 bits per heavy atom. The number of hydrogen-bond acceptors (Lipinski definition) is 3. The van der Waals surface area contributed by atoms with Crippen molar-refractivity contribution in [1.82, 2.24) is 15.1 Å². The van der Waals surface area contributed by atoms with Gasteiger partial charge in [-0.1, -0.05) is 45.0 Å². The highest BCUT2D eigenvalue weighted by Crippen LogP contribution is 2.39. The summed E-state index contributed by atoms with van der Waals surface area (Å²) in [6, 6.07) is 8.44.